The molecule has 0 atom stereocenters. The monoisotopic (exact) mass is 271 g/mol. The van der Waals surface area contributed by atoms with E-state index < -0.39 is 20.7 Å². The number of halogens is 1. The topological polar surface area (TPSA) is 98.2 Å². The second kappa shape index (κ2) is 4.75. The minimum absolute atomic E-state index is 0.0807. The average Bonchev–Trinajstić information content (AvgIpc) is 2.78. The maximum absolute atomic E-state index is 13.5. The van der Waals surface area contributed by atoms with E-state index >= 15 is 0 Å². The van der Waals surface area contributed by atoms with Gasteiger partial charge in [0.1, 0.15) is 17.0 Å². The van der Waals surface area contributed by atoms with Crippen LogP contribution in [0.4, 0.5) is 10.1 Å². The molecule has 0 spiro atoms. The summed E-state index contributed by atoms with van der Waals surface area (Å²) in [6.07, 6.45) is 1.31. The van der Waals surface area contributed by atoms with Gasteiger partial charge in [0.05, 0.1) is 12.2 Å². The third-order valence-electron chi connectivity index (χ3n) is 2.18. The second-order valence-corrected chi connectivity index (χ2v) is 5.24. The molecule has 0 unspecified atom stereocenters. The number of hydrogen-bond acceptors (Lipinski definition) is 5. The van der Waals surface area contributed by atoms with E-state index in [0.717, 1.165) is 12.1 Å². The smallest absolute Gasteiger partial charge is 0.243 e. The van der Waals surface area contributed by atoms with Crippen LogP contribution in [0.5, 0.6) is 0 Å². The normalized spacial score (nSPS) is 11.6. The van der Waals surface area contributed by atoms with Crippen LogP contribution in [0.25, 0.3) is 0 Å². The minimum atomic E-state index is -3.95. The Balaban J connectivity index is 2.20. The molecule has 0 aliphatic heterocycles. The maximum Gasteiger partial charge on any atom is 0.243 e. The summed E-state index contributed by atoms with van der Waals surface area (Å²) >= 11 is 0. The lowest BCUT2D eigenvalue weighted by Crippen LogP contribution is -2.24. The first-order chi connectivity index (χ1) is 8.49. The number of aromatic nitrogens is 1. The molecule has 1 aromatic carbocycles. The predicted molar refractivity (Wildman–Crippen MR) is 61.3 cm³/mol. The van der Waals surface area contributed by atoms with Crippen molar-refractivity contribution in [3.05, 3.63) is 42.0 Å². The molecule has 18 heavy (non-hydrogen) atoms. The Hall–Kier alpha value is -1.93. The van der Waals surface area contributed by atoms with Gasteiger partial charge in [-0.05, 0) is 18.2 Å². The summed E-state index contributed by atoms with van der Waals surface area (Å²) in [5.74, 6) is -0.900. The fourth-order valence-corrected chi connectivity index (χ4v) is 2.37. The molecule has 96 valence electrons. The molecule has 0 radical (unpaired) electrons. The molecular formula is C10H10FN3O3S. The van der Waals surface area contributed by atoms with Gasteiger partial charge in [-0.3, -0.25) is 0 Å². The Morgan fingerprint density at radius 3 is 2.78 bits per heavy atom. The quantitative estimate of drug-likeness (QED) is 0.804. The van der Waals surface area contributed by atoms with Gasteiger partial charge < -0.3 is 10.3 Å². The van der Waals surface area contributed by atoms with Crippen molar-refractivity contribution in [1.82, 2.24) is 9.88 Å². The van der Waals surface area contributed by atoms with Gasteiger partial charge in [0.2, 0.25) is 10.0 Å². The Bertz CT molecular complexity index is 640. The average molecular weight is 271 g/mol. The largest absolute Gasteiger partial charge is 0.399 e. The van der Waals surface area contributed by atoms with Crippen molar-refractivity contribution in [2.24, 2.45) is 0 Å². The number of benzene rings is 1. The van der Waals surface area contributed by atoms with Crippen LogP contribution in [0.2, 0.25) is 0 Å². The van der Waals surface area contributed by atoms with Crippen LogP contribution in [0.1, 0.15) is 5.69 Å². The molecular weight excluding hydrogens is 261 g/mol. The number of nitrogens with one attached hydrogen (secondary N) is 1. The Kier molecular flexibility index (Phi) is 3.30. The first-order valence-electron chi connectivity index (χ1n) is 4.93. The summed E-state index contributed by atoms with van der Waals surface area (Å²) in [6, 6.07) is 4.87. The highest BCUT2D eigenvalue weighted by atomic mass is 32.2. The molecule has 6 nitrogen and oxygen atoms in total. The van der Waals surface area contributed by atoms with Crippen molar-refractivity contribution in [3.63, 3.8) is 0 Å². The Labute approximate surface area is 103 Å². The SMILES string of the molecule is Nc1ccc(S(=O)(=O)NCc2ccon2)c(F)c1. The number of hydrogen-bond donors (Lipinski definition) is 2. The number of anilines is 1. The van der Waals surface area contributed by atoms with Crippen molar-refractivity contribution in [2.45, 2.75) is 11.4 Å². The number of nitrogens with zero attached hydrogens (tertiary/aromatic N) is 1. The van der Waals surface area contributed by atoms with Gasteiger partial charge >= 0.3 is 0 Å². The van der Waals surface area contributed by atoms with Crippen LogP contribution >= 0.6 is 0 Å². The van der Waals surface area contributed by atoms with E-state index in [2.05, 4.69) is 14.4 Å². The minimum Gasteiger partial charge on any atom is -0.399 e. The van der Waals surface area contributed by atoms with E-state index in [0.29, 0.717) is 5.69 Å². The van der Waals surface area contributed by atoms with E-state index in [1.807, 2.05) is 0 Å². The number of nitrogen functional groups attached to an aromatic ring is 1. The number of sulfonamides is 1. The first kappa shape index (κ1) is 12.5. The fourth-order valence-electron chi connectivity index (χ4n) is 1.31. The van der Waals surface area contributed by atoms with Crippen molar-refractivity contribution in [1.29, 1.82) is 0 Å². The van der Waals surface area contributed by atoms with Crippen molar-refractivity contribution >= 4 is 15.7 Å². The van der Waals surface area contributed by atoms with E-state index in [1.165, 1.54) is 18.4 Å². The van der Waals surface area contributed by atoms with Crippen molar-refractivity contribution in [2.75, 3.05) is 5.73 Å². The lowest BCUT2D eigenvalue weighted by molar-refractivity contribution is 0.411. The van der Waals surface area contributed by atoms with Gasteiger partial charge in [0, 0.05) is 11.8 Å². The summed E-state index contributed by atoms with van der Waals surface area (Å²) in [5.41, 5.74) is 5.90. The third-order valence-corrected chi connectivity index (χ3v) is 3.61. The highest BCUT2D eigenvalue weighted by Gasteiger charge is 2.19. The molecule has 0 saturated carbocycles. The van der Waals surface area contributed by atoms with Crippen LogP contribution in [0.3, 0.4) is 0 Å². The van der Waals surface area contributed by atoms with Gasteiger partial charge in [-0.15, -0.1) is 0 Å². The molecule has 2 aromatic rings. The third kappa shape index (κ3) is 2.66. The van der Waals surface area contributed by atoms with Crippen LogP contribution < -0.4 is 10.5 Å². The molecule has 8 heteroatoms. The molecule has 1 aromatic heterocycles. The lowest BCUT2D eigenvalue weighted by Gasteiger charge is -2.06. The first-order valence-corrected chi connectivity index (χ1v) is 6.41. The van der Waals surface area contributed by atoms with E-state index in [9.17, 15) is 12.8 Å². The molecule has 1 heterocycles. The van der Waals surface area contributed by atoms with Crippen LogP contribution in [0.15, 0.2) is 39.9 Å². The van der Waals surface area contributed by atoms with Crippen molar-refractivity contribution in [3.8, 4) is 0 Å². The molecule has 3 N–H and O–H groups in total. The molecule has 2 rings (SSSR count). The Morgan fingerprint density at radius 1 is 1.39 bits per heavy atom. The summed E-state index contributed by atoms with van der Waals surface area (Å²) in [5, 5.41) is 3.53. The van der Waals surface area contributed by atoms with E-state index in [1.54, 1.807) is 0 Å². The maximum atomic E-state index is 13.5. The van der Waals surface area contributed by atoms with Gasteiger partial charge in [-0.1, -0.05) is 5.16 Å². The highest BCUT2D eigenvalue weighted by Crippen LogP contribution is 2.17. The fraction of sp³-hybridized carbons (Fsp3) is 0.100. The van der Waals surface area contributed by atoms with Crippen LogP contribution in [-0.4, -0.2) is 13.6 Å². The number of rotatable bonds is 4. The zero-order chi connectivity index (χ0) is 13.2. The molecule has 0 aliphatic carbocycles. The van der Waals surface area contributed by atoms with Crippen LogP contribution in [0, 0.1) is 5.82 Å². The molecule has 0 aliphatic rings. The molecule has 0 fully saturated rings. The molecule has 0 saturated heterocycles. The predicted octanol–water partition coefficient (Wildman–Crippen LogP) is 0.874. The summed E-state index contributed by atoms with van der Waals surface area (Å²) in [6.45, 7) is -0.0807. The van der Waals surface area contributed by atoms with Gasteiger partial charge in [0.25, 0.3) is 0 Å². The molecule has 0 bridgehead atoms. The van der Waals surface area contributed by atoms with Crippen LogP contribution in [-0.2, 0) is 16.6 Å². The van der Waals surface area contributed by atoms with Gasteiger partial charge in [-0.25, -0.2) is 17.5 Å². The standard InChI is InChI=1S/C10H10FN3O3S/c11-9-5-7(12)1-2-10(9)18(15,16)13-6-8-3-4-17-14-8/h1-5,13H,6,12H2. The second-order valence-electron chi connectivity index (χ2n) is 3.51. The van der Waals surface area contributed by atoms with Crippen molar-refractivity contribution < 1.29 is 17.3 Å². The summed E-state index contributed by atoms with van der Waals surface area (Å²) in [7, 11) is -3.95. The summed E-state index contributed by atoms with van der Waals surface area (Å²) in [4.78, 5) is -0.458. The highest BCUT2D eigenvalue weighted by molar-refractivity contribution is 7.89. The van der Waals surface area contributed by atoms with Gasteiger partial charge in [-0.2, -0.15) is 0 Å². The zero-order valence-electron chi connectivity index (χ0n) is 9.13. The van der Waals surface area contributed by atoms with Gasteiger partial charge in [0.15, 0.2) is 0 Å². The van der Waals surface area contributed by atoms with E-state index in [-0.39, 0.29) is 12.2 Å². The zero-order valence-corrected chi connectivity index (χ0v) is 9.95. The molecule has 0 amide bonds. The lowest BCUT2D eigenvalue weighted by atomic mass is 10.3. The Morgan fingerprint density at radius 2 is 2.17 bits per heavy atom. The summed E-state index contributed by atoms with van der Waals surface area (Å²) < 4.78 is 43.9. The number of nitrogens with two attached hydrogens (primary N) is 1. The van der Waals surface area contributed by atoms with E-state index in [4.69, 9.17) is 5.73 Å².